The maximum atomic E-state index is 12.8. The molecule has 96 valence electrons. The molecule has 0 spiro atoms. The number of esters is 1. The third kappa shape index (κ3) is 5.25. The quantitative estimate of drug-likeness (QED) is 0.637. The number of halogens is 1. The van der Waals surface area contributed by atoms with E-state index < -0.39 is 0 Å². The largest absolute Gasteiger partial charge is 0.469 e. The summed E-state index contributed by atoms with van der Waals surface area (Å²) in [7, 11) is 1.29. The molecule has 0 atom stereocenters. The predicted octanol–water partition coefficient (Wildman–Crippen LogP) is 1.52. The zero-order valence-electron chi connectivity index (χ0n) is 9.98. The van der Waals surface area contributed by atoms with Crippen LogP contribution in [0.4, 0.5) is 4.39 Å². The summed E-state index contributed by atoms with van der Waals surface area (Å²) in [4.78, 5) is 22.1. The zero-order valence-corrected chi connectivity index (χ0v) is 9.98. The Labute approximate surface area is 104 Å². The lowest BCUT2D eigenvalue weighted by atomic mass is 10.2. The minimum absolute atomic E-state index is 0.121. The fourth-order valence-electron chi connectivity index (χ4n) is 1.23. The molecule has 0 aliphatic rings. The van der Waals surface area contributed by atoms with E-state index in [1.165, 1.54) is 31.4 Å². The second-order valence-corrected chi connectivity index (χ2v) is 3.51. The minimum atomic E-state index is -0.385. The molecule has 0 heterocycles. The topological polar surface area (TPSA) is 55.4 Å². The van der Waals surface area contributed by atoms with Gasteiger partial charge in [-0.3, -0.25) is 9.59 Å². The number of hydrogen-bond acceptors (Lipinski definition) is 3. The van der Waals surface area contributed by atoms with Gasteiger partial charge in [0.15, 0.2) is 0 Å². The number of benzene rings is 1. The number of carbonyl (C=O) groups excluding carboxylic acids is 2. The van der Waals surface area contributed by atoms with E-state index in [9.17, 15) is 14.0 Å². The molecule has 1 aromatic rings. The number of nitrogens with one attached hydrogen (secondary N) is 1. The summed E-state index contributed by atoms with van der Waals surface area (Å²) in [6, 6.07) is 5.89. The lowest BCUT2D eigenvalue weighted by Gasteiger charge is -2.00. The SMILES string of the molecule is COC(=O)CCNC(=O)/C=C/c1cccc(F)c1. The van der Waals surface area contributed by atoms with Gasteiger partial charge in [-0.25, -0.2) is 4.39 Å². The van der Waals surface area contributed by atoms with Gasteiger partial charge in [-0.05, 0) is 23.8 Å². The van der Waals surface area contributed by atoms with Crippen molar-refractivity contribution >= 4 is 18.0 Å². The zero-order chi connectivity index (χ0) is 13.4. The van der Waals surface area contributed by atoms with Crippen LogP contribution in [0.5, 0.6) is 0 Å². The number of ether oxygens (including phenoxy) is 1. The molecule has 0 radical (unpaired) electrons. The lowest BCUT2D eigenvalue weighted by molar-refractivity contribution is -0.140. The molecule has 4 nitrogen and oxygen atoms in total. The minimum Gasteiger partial charge on any atom is -0.469 e. The van der Waals surface area contributed by atoms with Crippen LogP contribution in [0, 0.1) is 5.82 Å². The second-order valence-electron chi connectivity index (χ2n) is 3.51. The number of methoxy groups -OCH3 is 1. The smallest absolute Gasteiger partial charge is 0.307 e. The van der Waals surface area contributed by atoms with Crippen molar-refractivity contribution in [3.8, 4) is 0 Å². The molecule has 1 N–H and O–H groups in total. The van der Waals surface area contributed by atoms with Crippen molar-refractivity contribution in [1.82, 2.24) is 5.32 Å². The molecule has 0 aliphatic carbocycles. The number of carbonyl (C=O) groups is 2. The highest BCUT2D eigenvalue weighted by atomic mass is 19.1. The van der Waals surface area contributed by atoms with Gasteiger partial charge in [0.25, 0.3) is 0 Å². The summed E-state index contributed by atoms with van der Waals surface area (Å²) in [6.07, 6.45) is 2.90. The van der Waals surface area contributed by atoms with Crippen LogP contribution >= 0.6 is 0 Å². The summed E-state index contributed by atoms with van der Waals surface area (Å²) in [5, 5.41) is 2.51. The van der Waals surface area contributed by atoms with Crippen LogP contribution < -0.4 is 5.32 Å². The molecule has 0 aromatic heterocycles. The first-order valence-electron chi connectivity index (χ1n) is 5.40. The molecule has 18 heavy (non-hydrogen) atoms. The van der Waals surface area contributed by atoms with E-state index in [-0.39, 0.29) is 30.7 Å². The third-order valence-corrected chi connectivity index (χ3v) is 2.13. The molecule has 0 bridgehead atoms. The summed E-state index contributed by atoms with van der Waals surface area (Å²) in [5.74, 6) is -1.09. The Balaban J connectivity index is 2.38. The third-order valence-electron chi connectivity index (χ3n) is 2.13. The van der Waals surface area contributed by atoms with E-state index in [2.05, 4.69) is 10.1 Å². The van der Waals surface area contributed by atoms with Crippen molar-refractivity contribution in [1.29, 1.82) is 0 Å². The molecular weight excluding hydrogens is 237 g/mol. The highest BCUT2D eigenvalue weighted by molar-refractivity contribution is 5.91. The maximum absolute atomic E-state index is 12.8. The summed E-state index contributed by atoms with van der Waals surface area (Å²) < 4.78 is 17.3. The number of rotatable bonds is 5. The van der Waals surface area contributed by atoms with Crippen LogP contribution in [0.15, 0.2) is 30.3 Å². The number of amides is 1. The van der Waals surface area contributed by atoms with Crippen molar-refractivity contribution in [2.24, 2.45) is 0 Å². The summed E-state index contributed by atoms with van der Waals surface area (Å²) >= 11 is 0. The van der Waals surface area contributed by atoms with Crippen molar-refractivity contribution < 1.29 is 18.7 Å². The average molecular weight is 251 g/mol. The van der Waals surface area contributed by atoms with Gasteiger partial charge < -0.3 is 10.1 Å². The fourth-order valence-corrected chi connectivity index (χ4v) is 1.23. The Morgan fingerprint density at radius 2 is 2.22 bits per heavy atom. The van der Waals surface area contributed by atoms with E-state index in [4.69, 9.17) is 0 Å². The van der Waals surface area contributed by atoms with Gasteiger partial charge in [0.05, 0.1) is 13.5 Å². The first kappa shape index (κ1) is 13.9. The molecule has 0 aliphatic heterocycles. The fraction of sp³-hybridized carbons (Fsp3) is 0.231. The van der Waals surface area contributed by atoms with Gasteiger partial charge in [0.2, 0.25) is 5.91 Å². The van der Waals surface area contributed by atoms with Gasteiger partial charge in [0.1, 0.15) is 5.82 Å². The van der Waals surface area contributed by atoms with E-state index in [1.54, 1.807) is 12.1 Å². The van der Waals surface area contributed by atoms with Crippen molar-refractivity contribution in [2.45, 2.75) is 6.42 Å². The van der Waals surface area contributed by atoms with Crippen LogP contribution in [0.3, 0.4) is 0 Å². The molecule has 0 unspecified atom stereocenters. The van der Waals surface area contributed by atoms with Gasteiger partial charge in [-0.15, -0.1) is 0 Å². The Hall–Kier alpha value is -2.17. The van der Waals surface area contributed by atoms with Crippen molar-refractivity contribution in [3.63, 3.8) is 0 Å². The molecule has 5 heteroatoms. The number of hydrogen-bond donors (Lipinski definition) is 1. The van der Waals surface area contributed by atoms with Crippen LogP contribution in [-0.2, 0) is 14.3 Å². The van der Waals surface area contributed by atoms with Crippen molar-refractivity contribution in [3.05, 3.63) is 41.7 Å². The Kier molecular flexibility index (Phi) is 5.57. The Morgan fingerprint density at radius 3 is 2.89 bits per heavy atom. The normalized spacial score (nSPS) is 10.3. The first-order valence-corrected chi connectivity index (χ1v) is 5.40. The molecule has 1 aromatic carbocycles. The molecule has 0 fully saturated rings. The monoisotopic (exact) mass is 251 g/mol. The highest BCUT2D eigenvalue weighted by Gasteiger charge is 2.00. The molecule has 0 saturated heterocycles. The van der Waals surface area contributed by atoms with E-state index in [1.807, 2.05) is 0 Å². The second kappa shape index (κ2) is 7.21. The summed E-state index contributed by atoms with van der Waals surface area (Å²) in [6.45, 7) is 0.207. The first-order chi connectivity index (χ1) is 8.61. The standard InChI is InChI=1S/C13H14FNO3/c1-18-13(17)7-8-15-12(16)6-5-10-3-2-4-11(14)9-10/h2-6,9H,7-8H2,1H3,(H,15,16)/b6-5+. The highest BCUT2D eigenvalue weighted by Crippen LogP contribution is 2.04. The van der Waals surface area contributed by atoms with Crippen LogP contribution in [0.1, 0.15) is 12.0 Å². The van der Waals surface area contributed by atoms with Gasteiger partial charge in [-0.2, -0.15) is 0 Å². The van der Waals surface area contributed by atoms with Crippen molar-refractivity contribution in [2.75, 3.05) is 13.7 Å². The molecule has 1 amide bonds. The van der Waals surface area contributed by atoms with Crippen LogP contribution in [-0.4, -0.2) is 25.5 Å². The predicted molar refractivity (Wildman–Crippen MR) is 65.1 cm³/mol. The van der Waals surface area contributed by atoms with E-state index >= 15 is 0 Å². The molecule has 1 rings (SSSR count). The Morgan fingerprint density at radius 1 is 1.44 bits per heavy atom. The molecular formula is C13H14FNO3. The van der Waals surface area contributed by atoms with Gasteiger partial charge in [0, 0.05) is 12.6 Å². The van der Waals surface area contributed by atoms with Crippen LogP contribution in [0.25, 0.3) is 6.08 Å². The lowest BCUT2D eigenvalue weighted by Crippen LogP contribution is -2.24. The summed E-state index contributed by atoms with van der Waals surface area (Å²) in [5.41, 5.74) is 0.595. The van der Waals surface area contributed by atoms with Crippen LogP contribution in [0.2, 0.25) is 0 Å². The van der Waals surface area contributed by atoms with Gasteiger partial charge in [-0.1, -0.05) is 12.1 Å². The maximum Gasteiger partial charge on any atom is 0.307 e. The van der Waals surface area contributed by atoms with E-state index in [0.29, 0.717) is 5.56 Å². The molecule has 0 saturated carbocycles. The average Bonchev–Trinajstić information content (AvgIpc) is 2.36. The van der Waals surface area contributed by atoms with E-state index in [0.717, 1.165) is 0 Å². The van der Waals surface area contributed by atoms with Gasteiger partial charge >= 0.3 is 5.97 Å². The Bertz CT molecular complexity index is 457.